The van der Waals surface area contributed by atoms with Crippen LogP contribution < -0.4 is 0 Å². The fourth-order valence-corrected chi connectivity index (χ4v) is 4.17. The molecule has 3 unspecified atom stereocenters. The first-order valence-electron chi connectivity index (χ1n) is 7.64. The highest BCUT2D eigenvalue weighted by molar-refractivity contribution is 9.11. The third kappa shape index (κ3) is 3.32. The Bertz CT molecular complexity index is 369. The molecule has 3 aliphatic rings. The van der Waals surface area contributed by atoms with Crippen molar-refractivity contribution in [2.24, 2.45) is 11.8 Å². The van der Waals surface area contributed by atoms with E-state index >= 15 is 0 Å². The van der Waals surface area contributed by atoms with Crippen LogP contribution in [0.2, 0.25) is 0 Å². The van der Waals surface area contributed by atoms with Gasteiger partial charge in [0.1, 0.15) is 0 Å². The maximum Gasteiger partial charge on any atom is 0.157 e. The van der Waals surface area contributed by atoms with Gasteiger partial charge in [-0.15, -0.1) is 0 Å². The van der Waals surface area contributed by atoms with Crippen LogP contribution in [0.15, 0.2) is 22.2 Å². The van der Waals surface area contributed by atoms with E-state index in [0.29, 0.717) is 5.92 Å². The van der Waals surface area contributed by atoms with Gasteiger partial charge in [-0.25, -0.2) is 0 Å². The largest absolute Gasteiger partial charge is 0.353 e. The maximum atomic E-state index is 5.77. The van der Waals surface area contributed by atoms with Gasteiger partial charge in [0, 0.05) is 23.6 Å². The lowest BCUT2D eigenvalue weighted by molar-refractivity contribution is -0.162. The number of rotatable bonds is 6. The zero-order valence-corrected chi connectivity index (χ0v) is 13.0. The lowest BCUT2D eigenvalue weighted by atomic mass is 9.98. The van der Waals surface area contributed by atoms with Crippen molar-refractivity contribution in [1.29, 1.82) is 0 Å². The Morgan fingerprint density at radius 1 is 1.21 bits per heavy atom. The predicted molar refractivity (Wildman–Crippen MR) is 80.1 cm³/mol. The Morgan fingerprint density at radius 3 is 2.84 bits per heavy atom. The number of fused-ring (bicyclic) bond motifs is 2. The molecule has 2 nitrogen and oxygen atoms in total. The third-order valence-corrected chi connectivity index (χ3v) is 5.54. The van der Waals surface area contributed by atoms with E-state index in [9.17, 15) is 0 Å². The van der Waals surface area contributed by atoms with Crippen molar-refractivity contribution in [2.75, 3.05) is 13.2 Å². The SMILES string of the molecule is BrC1=C(CCCCOC2CCCCO2)C2C=CC1C2. The van der Waals surface area contributed by atoms with Gasteiger partial charge in [-0.2, -0.15) is 0 Å². The normalized spacial score (nSPS) is 33.4. The van der Waals surface area contributed by atoms with Crippen LogP contribution in [-0.2, 0) is 9.47 Å². The molecule has 0 aromatic rings. The molecule has 0 radical (unpaired) electrons. The first-order valence-corrected chi connectivity index (χ1v) is 8.44. The third-order valence-electron chi connectivity index (χ3n) is 4.45. The molecule has 1 heterocycles. The lowest BCUT2D eigenvalue weighted by Crippen LogP contribution is -2.22. The monoisotopic (exact) mass is 326 g/mol. The molecule has 0 saturated carbocycles. The maximum absolute atomic E-state index is 5.77. The van der Waals surface area contributed by atoms with Crippen LogP contribution in [0.4, 0.5) is 0 Å². The molecule has 0 N–H and O–H groups in total. The van der Waals surface area contributed by atoms with Gasteiger partial charge in [-0.1, -0.05) is 33.7 Å². The molecule has 3 atom stereocenters. The van der Waals surface area contributed by atoms with E-state index in [1.54, 1.807) is 5.57 Å². The van der Waals surface area contributed by atoms with Crippen LogP contribution in [0.25, 0.3) is 0 Å². The molecule has 2 bridgehead atoms. The summed E-state index contributed by atoms with van der Waals surface area (Å²) in [7, 11) is 0. The van der Waals surface area contributed by atoms with E-state index in [2.05, 4.69) is 28.1 Å². The molecule has 3 rings (SSSR count). The van der Waals surface area contributed by atoms with Gasteiger partial charge in [0.2, 0.25) is 0 Å². The van der Waals surface area contributed by atoms with E-state index in [0.717, 1.165) is 32.0 Å². The van der Waals surface area contributed by atoms with Crippen molar-refractivity contribution in [3.63, 3.8) is 0 Å². The van der Waals surface area contributed by atoms with E-state index in [1.165, 1.54) is 36.6 Å². The topological polar surface area (TPSA) is 18.5 Å². The number of unbranched alkanes of at least 4 members (excludes halogenated alkanes) is 1. The summed E-state index contributed by atoms with van der Waals surface area (Å²) in [4.78, 5) is 0. The van der Waals surface area contributed by atoms with Crippen LogP contribution in [0.3, 0.4) is 0 Å². The highest BCUT2D eigenvalue weighted by Crippen LogP contribution is 2.48. The van der Waals surface area contributed by atoms with Crippen LogP contribution in [0, 0.1) is 11.8 Å². The Kier molecular flexibility index (Phi) is 4.78. The molecule has 0 spiro atoms. The molecule has 19 heavy (non-hydrogen) atoms. The van der Waals surface area contributed by atoms with E-state index in [-0.39, 0.29) is 6.29 Å². The summed E-state index contributed by atoms with van der Waals surface area (Å²) >= 11 is 3.77. The summed E-state index contributed by atoms with van der Waals surface area (Å²) in [5, 5.41) is 0. The van der Waals surface area contributed by atoms with Crippen LogP contribution in [-0.4, -0.2) is 19.5 Å². The number of allylic oxidation sites excluding steroid dienone is 4. The molecule has 1 fully saturated rings. The average molecular weight is 327 g/mol. The molecular weight excluding hydrogens is 304 g/mol. The van der Waals surface area contributed by atoms with E-state index in [4.69, 9.17) is 9.47 Å². The van der Waals surface area contributed by atoms with Gasteiger partial charge in [-0.3, -0.25) is 0 Å². The molecule has 0 aromatic heterocycles. The summed E-state index contributed by atoms with van der Waals surface area (Å²) in [5.74, 6) is 1.41. The fraction of sp³-hybridized carbons (Fsp3) is 0.750. The number of hydrogen-bond acceptors (Lipinski definition) is 2. The van der Waals surface area contributed by atoms with Gasteiger partial charge >= 0.3 is 0 Å². The number of halogens is 1. The molecule has 2 aliphatic carbocycles. The van der Waals surface area contributed by atoms with Gasteiger partial charge in [0.05, 0.1) is 0 Å². The lowest BCUT2D eigenvalue weighted by Gasteiger charge is -2.22. The zero-order chi connectivity index (χ0) is 13.1. The fourth-order valence-electron chi connectivity index (χ4n) is 3.34. The minimum Gasteiger partial charge on any atom is -0.353 e. The van der Waals surface area contributed by atoms with Crippen LogP contribution in [0.5, 0.6) is 0 Å². The van der Waals surface area contributed by atoms with Crippen LogP contribution >= 0.6 is 15.9 Å². The molecule has 0 amide bonds. The molecule has 3 heteroatoms. The highest BCUT2D eigenvalue weighted by Gasteiger charge is 2.33. The summed E-state index contributed by atoms with van der Waals surface area (Å²) in [6.07, 6.45) is 13.2. The Morgan fingerprint density at radius 2 is 2.11 bits per heavy atom. The van der Waals surface area contributed by atoms with Gasteiger partial charge < -0.3 is 9.47 Å². The van der Waals surface area contributed by atoms with Crippen molar-refractivity contribution in [1.82, 2.24) is 0 Å². The van der Waals surface area contributed by atoms with E-state index in [1.807, 2.05) is 0 Å². The minimum absolute atomic E-state index is 0.0742. The summed E-state index contributed by atoms with van der Waals surface area (Å²) in [6, 6.07) is 0. The zero-order valence-electron chi connectivity index (χ0n) is 11.4. The minimum atomic E-state index is 0.0742. The molecule has 0 aromatic carbocycles. The van der Waals surface area contributed by atoms with Crippen molar-refractivity contribution in [3.8, 4) is 0 Å². The van der Waals surface area contributed by atoms with Crippen LogP contribution in [0.1, 0.15) is 44.9 Å². The smallest absolute Gasteiger partial charge is 0.157 e. The highest BCUT2D eigenvalue weighted by atomic mass is 79.9. The first-order chi connectivity index (χ1) is 9.34. The van der Waals surface area contributed by atoms with Gasteiger partial charge in [0.15, 0.2) is 6.29 Å². The van der Waals surface area contributed by atoms with E-state index < -0.39 is 0 Å². The standard InChI is InChI=1S/C16H23BrO2/c17-16-13-8-7-12(11-13)14(16)5-1-3-9-18-15-6-2-4-10-19-15/h7-8,12-13,15H,1-6,9-11H2. The first kappa shape index (κ1) is 13.8. The van der Waals surface area contributed by atoms with Gasteiger partial charge in [-0.05, 0) is 50.9 Å². The second kappa shape index (κ2) is 6.55. The van der Waals surface area contributed by atoms with Crippen molar-refractivity contribution in [3.05, 3.63) is 22.2 Å². The molecular formula is C16H23BrO2. The summed E-state index contributed by atoms with van der Waals surface area (Å²) in [6.45, 7) is 1.72. The Balaban J connectivity index is 1.31. The predicted octanol–water partition coefficient (Wildman–Crippen LogP) is 4.55. The number of hydrogen-bond donors (Lipinski definition) is 0. The van der Waals surface area contributed by atoms with Crippen molar-refractivity contribution >= 4 is 15.9 Å². The van der Waals surface area contributed by atoms with Gasteiger partial charge in [0.25, 0.3) is 0 Å². The second-order valence-corrected chi connectivity index (χ2v) is 6.69. The van der Waals surface area contributed by atoms with Crippen molar-refractivity contribution in [2.45, 2.75) is 51.2 Å². The molecule has 106 valence electrons. The quantitative estimate of drug-likeness (QED) is 0.526. The Labute approximate surface area is 124 Å². The summed E-state index contributed by atoms with van der Waals surface area (Å²) in [5.41, 5.74) is 1.64. The summed E-state index contributed by atoms with van der Waals surface area (Å²) < 4.78 is 12.8. The second-order valence-electron chi connectivity index (χ2n) is 5.83. The van der Waals surface area contributed by atoms with Crippen molar-refractivity contribution < 1.29 is 9.47 Å². The number of ether oxygens (including phenoxy) is 2. The molecule has 1 saturated heterocycles. The average Bonchev–Trinajstić information content (AvgIpc) is 3.02. The molecule has 1 aliphatic heterocycles. The Hall–Kier alpha value is -0.120.